The van der Waals surface area contributed by atoms with Gasteiger partial charge in [0, 0.05) is 0 Å². The number of nitrogens with one attached hydrogen (secondary N) is 2. The normalized spacial score (nSPS) is 12.6. The number of benzene rings is 2. The van der Waals surface area contributed by atoms with Gasteiger partial charge in [-0.05, 0) is 16.7 Å². The number of urea groups is 1. The van der Waals surface area contributed by atoms with E-state index in [0.717, 1.165) is 5.56 Å². The first-order chi connectivity index (χ1) is 11.9. The summed E-state index contributed by atoms with van der Waals surface area (Å²) in [4.78, 5) is 15.6. The van der Waals surface area contributed by atoms with E-state index in [2.05, 4.69) is 10.3 Å². The molecule has 8 nitrogen and oxygen atoms in total. The molecule has 8 heteroatoms. The monoisotopic (exact) mass is 339 g/mol. The first-order valence-electron chi connectivity index (χ1n) is 7.52. The Morgan fingerprint density at radius 1 is 0.920 bits per heavy atom. The van der Waals surface area contributed by atoms with Crippen LogP contribution in [0.1, 0.15) is 28.8 Å². The standard InChI is InChI=1S/C17H21N7O/c18-15(19)14(24-17(22)25)12-9-5-4-8-11(12)13(23-16(20)21)10-6-2-1-3-7-10/h1-9,13-14H,(H3,18,19)(H4,20,21,23)(H3,22,24,25). The van der Waals surface area contributed by atoms with E-state index in [1.165, 1.54) is 0 Å². The Bertz CT molecular complexity index is 785. The molecule has 2 aromatic carbocycles. The minimum atomic E-state index is -0.880. The number of rotatable bonds is 6. The largest absolute Gasteiger partial charge is 0.386 e. The molecule has 0 fully saturated rings. The van der Waals surface area contributed by atoms with Crippen molar-refractivity contribution < 1.29 is 4.79 Å². The SMILES string of the molecule is N=C(N)C(NC(N)=O)c1ccccc1C(N=C(N)N)c1ccccc1. The molecule has 10 N–H and O–H groups in total. The van der Waals surface area contributed by atoms with Crippen molar-refractivity contribution >= 4 is 17.8 Å². The van der Waals surface area contributed by atoms with Gasteiger partial charge in [0.1, 0.15) is 17.9 Å². The van der Waals surface area contributed by atoms with Crippen LogP contribution in [-0.4, -0.2) is 17.8 Å². The van der Waals surface area contributed by atoms with Crippen LogP contribution in [-0.2, 0) is 0 Å². The third-order valence-corrected chi connectivity index (χ3v) is 3.59. The average Bonchev–Trinajstić information content (AvgIpc) is 2.58. The smallest absolute Gasteiger partial charge is 0.313 e. The highest BCUT2D eigenvalue weighted by molar-refractivity contribution is 5.88. The topological polar surface area (TPSA) is 169 Å². The van der Waals surface area contributed by atoms with Gasteiger partial charge in [-0.1, -0.05) is 54.6 Å². The second-order valence-corrected chi connectivity index (χ2v) is 5.39. The molecule has 0 aliphatic heterocycles. The molecule has 0 bridgehead atoms. The lowest BCUT2D eigenvalue weighted by atomic mass is 9.91. The summed E-state index contributed by atoms with van der Waals surface area (Å²) in [6, 6.07) is 14.4. The molecular formula is C17H21N7O. The number of carbonyl (C=O) groups is 1. The van der Waals surface area contributed by atoms with Gasteiger partial charge in [-0.25, -0.2) is 9.79 Å². The third kappa shape index (κ3) is 4.47. The number of amides is 2. The van der Waals surface area contributed by atoms with Crippen LogP contribution < -0.4 is 28.3 Å². The number of hydrogen-bond acceptors (Lipinski definition) is 3. The zero-order valence-electron chi connectivity index (χ0n) is 13.5. The Balaban J connectivity index is 2.61. The highest BCUT2D eigenvalue weighted by Crippen LogP contribution is 2.31. The van der Waals surface area contributed by atoms with Gasteiger partial charge in [-0.15, -0.1) is 0 Å². The molecule has 0 saturated heterocycles. The molecule has 2 atom stereocenters. The minimum Gasteiger partial charge on any atom is -0.386 e. The number of aliphatic imine (C=N–C) groups is 1. The molecule has 25 heavy (non-hydrogen) atoms. The highest BCUT2D eigenvalue weighted by atomic mass is 16.2. The van der Waals surface area contributed by atoms with Crippen molar-refractivity contribution in [3.63, 3.8) is 0 Å². The Morgan fingerprint density at radius 2 is 1.48 bits per heavy atom. The summed E-state index contributed by atoms with van der Waals surface area (Å²) >= 11 is 0. The summed E-state index contributed by atoms with van der Waals surface area (Å²) in [5, 5.41) is 10.3. The van der Waals surface area contributed by atoms with E-state index in [-0.39, 0.29) is 11.8 Å². The molecule has 2 unspecified atom stereocenters. The van der Waals surface area contributed by atoms with E-state index < -0.39 is 18.1 Å². The van der Waals surface area contributed by atoms with Gasteiger partial charge in [0.15, 0.2) is 5.96 Å². The fraction of sp³-hybridized carbons (Fsp3) is 0.118. The van der Waals surface area contributed by atoms with E-state index in [0.29, 0.717) is 11.1 Å². The van der Waals surface area contributed by atoms with E-state index in [4.69, 9.17) is 28.3 Å². The molecule has 130 valence electrons. The highest BCUT2D eigenvalue weighted by Gasteiger charge is 2.24. The predicted octanol–water partition coefficient (Wildman–Crippen LogP) is 0.695. The Kier molecular flexibility index (Phi) is 5.57. The number of nitrogens with two attached hydrogens (primary N) is 4. The van der Waals surface area contributed by atoms with E-state index >= 15 is 0 Å². The van der Waals surface area contributed by atoms with Crippen molar-refractivity contribution in [3.8, 4) is 0 Å². The first-order valence-corrected chi connectivity index (χ1v) is 7.52. The number of carbonyl (C=O) groups excluding carboxylic acids is 1. The van der Waals surface area contributed by atoms with E-state index in [1.54, 1.807) is 12.1 Å². The summed E-state index contributed by atoms with van der Waals surface area (Å²) in [7, 11) is 0. The summed E-state index contributed by atoms with van der Waals surface area (Å²) in [6.45, 7) is 0. The molecule has 0 heterocycles. The maximum Gasteiger partial charge on any atom is 0.313 e. The van der Waals surface area contributed by atoms with Crippen LogP contribution in [0.15, 0.2) is 59.6 Å². The summed E-state index contributed by atoms with van der Waals surface area (Å²) in [5.74, 6) is -0.325. The van der Waals surface area contributed by atoms with E-state index in [1.807, 2.05) is 42.5 Å². The summed E-state index contributed by atoms with van der Waals surface area (Å²) in [6.07, 6.45) is 0. The molecule has 0 saturated carbocycles. The summed E-state index contributed by atoms with van der Waals surface area (Å²) in [5.41, 5.74) is 24.2. The van der Waals surface area contributed by atoms with Gasteiger partial charge in [-0.3, -0.25) is 5.41 Å². The molecule has 0 aliphatic rings. The molecule has 0 spiro atoms. The average molecular weight is 339 g/mol. The van der Waals surface area contributed by atoms with Crippen LogP contribution in [0.4, 0.5) is 4.79 Å². The molecular weight excluding hydrogens is 318 g/mol. The van der Waals surface area contributed by atoms with Gasteiger partial charge in [0.05, 0.1) is 0 Å². The number of guanidine groups is 1. The fourth-order valence-corrected chi connectivity index (χ4v) is 2.60. The zero-order valence-corrected chi connectivity index (χ0v) is 13.5. The Hall–Kier alpha value is -3.55. The van der Waals surface area contributed by atoms with Crippen LogP contribution >= 0.6 is 0 Å². The maximum atomic E-state index is 11.3. The van der Waals surface area contributed by atoms with Crippen LogP contribution in [0.25, 0.3) is 0 Å². The second kappa shape index (κ2) is 7.82. The Morgan fingerprint density at radius 3 is 2.00 bits per heavy atom. The number of nitrogens with zero attached hydrogens (tertiary/aromatic N) is 1. The van der Waals surface area contributed by atoms with Gasteiger partial charge in [0.2, 0.25) is 0 Å². The number of primary amides is 1. The number of amidine groups is 1. The molecule has 2 rings (SSSR count). The quantitative estimate of drug-likeness (QED) is 0.336. The van der Waals surface area contributed by atoms with Crippen LogP contribution in [0, 0.1) is 5.41 Å². The van der Waals surface area contributed by atoms with Crippen LogP contribution in [0.2, 0.25) is 0 Å². The van der Waals surface area contributed by atoms with Crippen molar-refractivity contribution in [1.82, 2.24) is 5.32 Å². The van der Waals surface area contributed by atoms with Crippen molar-refractivity contribution in [2.24, 2.45) is 27.9 Å². The Labute approximate surface area is 145 Å². The number of hydrogen-bond donors (Lipinski definition) is 6. The lowest BCUT2D eigenvalue weighted by Gasteiger charge is -2.23. The third-order valence-electron chi connectivity index (χ3n) is 3.59. The summed E-state index contributed by atoms with van der Waals surface area (Å²) < 4.78 is 0. The second-order valence-electron chi connectivity index (χ2n) is 5.39. The minimum absolute atomic E-state index is 0.0779. The van der Waals surface area contributed by atoms with Crippen LogP contribution in [0.3, 0.4) is 0 Å². The van der Waals surface area contributed by atoms with Crippen molar-refractivity contribution in [3.05, 3.63) is 71.3 Å². The molecule has 0 aliphatic carbocycles. The molecule has 0 radical (unpaired) electrons. The lowest BCUT2D eigenvalue weighted by molar-refractivity contribution is 0.247. The fourth-order valence-electron chi connectivity index (χ4n) is 2.60. The van der Waals surface area contributed by atoms with Gasteiger partial charge < -0.3 is 28.3 Å². The maximum absolute atomic E-state index is 11.3. The van der Waals surface area contributed by atoms with Crippen molar-refractivity contribution in [1.29, 1.82) is 5.41 Å². The van der Waals surface area contributed by atoms with E-state index in [9.17, 15) is 4.79 Å². The molecule has 2 aromatic rings. The zero-order chi connectivity index (χ0) is 18.4. The van der Waals surface area contributed by atoms with Crippen molar-refractivity contribution in [2.45, 2.75) is 12.1 Å². The van der Waals surface area contributed by atoms with Crippen LogP contribution in [0.5, 0.6) is 0 Å². The van der Waals surface area contributed by atoms with Gasteiger partial charge in [-0.2, -0.15) is 0 Å². The molecule has 2 amide bonds. The molecule has 0 aromatic heterocycles. The van der Waals surface area contributed by atoms with Crippen molar-refractivity contribution in [2.75, 3.05) is 0 Å². The van der Waals surface area contributed by atoms with Gasteiger partial charge in [0.25, 0.3) is 0 Å². The lowest BCUT2D eigenvalue weighted by Crippen LogP contribution is -2.40. The predicted molar refractivity (Wildman–Crippen MR) is 97.9 cm³/mol. The first kappa shape index (κ1) is 17.8. The van der Waals surface area contributed by atoms with Gasteiger partial charge >= 0.3 is 6.03 Å².